The molecule has 2 fully saturated rings. The minimum absolute atomic E-state index is 0.161. The fourth-order valence-corrected chi connectivity index (χ4v) is 4.29. The minimum Gasteiger partial charge on any atom is -0.378 e. The van der Waals surface area contributed by atoms with Gasteiger partial charge in [0.1, 0.15) is 11.5 Å². The molecule has 0 amide bonds. The molecule has 5 heterocycles. The van der Waals surface area contributed by atoms with Crippen molar-refractivity contribution >= 4 is 11.8 Å². The summed E-state index contributed by atoms with van der Waals surface area (Å²) >= 11 is 0. The molecule has 14 heteroatoms. The molecule has 0 spiro atoms. The maximum absolute atomic E-state index is 12.7. The van der Waals surface area contributed by atoms with Crippen LogP contribution in [0, 0.1) is 0 Å². The van der Waals surface area contributed by atoms with E-state index >= 15 is 0 Å². The van der Waals surface area contributed by atoms with Crippen LogP contribution >= 0.6 is 0 Å². The number of rotatable bonds is 7. The van der Waals surface area contributed by atoms with Crippen LogP contribution in [0.3, 0.4) is 0 Å². The van der Waals surface area contributed by atoms with Crippen LogP contribution in [0.1, 0.15) is 30.3 Å². The first kappa shape index (κ1) is 24.3. The lowest BCUT2D eigenvalue weighted by molar-refractivity contribution is -0.159. The van der Waals surface area contributed by atoms with Gasteiger partial charge in [0.05, 0.1) is 25.1 Å². The van der Waals surface area contributed by atoms with Crippen molar-refractivity contribution < 1.29 is 22.4 Å². The van der Waals surface area contributed by atoms with E-state index in [1.807, 2.05) is 6.07 Å². The second-order valence-electron chi connectivity index (χ2n) is 8.63. The number of alkyl halides is 3. The zero-order chi connectivity index (χ0) is 25.0. The number of anilines is 2. The predicted octanol–water partition coefficient (Wildman–Crippen LogP) is 2.46. The number of ether oxygens (including phenoxy) is 1. The smallest absolute Gasteiger partial charge is 0.378 e. The Morgan fingerprint density at radius 2 is 1.83 bits per heavy atom. The van der Waals surface area contributed by atoms with Crippen molar-refractivity contribution in [3.8, 4) is 11.5 Å². The van der Waals surface area contributed by atoms with Crippen LogP contribution < -0.4 is 10.2 Å². The van der Waals surface area contributed by atoms with Gasteiger partial charge >= 0.3 is 12.1 Å². The summed E-state index contributed by atoms with van der Waals surface area (Å²) in [6.07, 6.45) is 1.79. The summed E-state index contributed by atoms with van der Waals surface area (Å²) in [5, 5.41) is 6.78. The van der Waals surface area contributed by atoms with Gasteiger partial charge in [-0.25, -0.2) is 9.97 Å². The molecule has 0 bridgehead atoms. The first-order valence-electron chi connectivity index (χ1n) is 11.8. The summed E-state index contributed by atoms with van der Waals surface area (Å²) in [6.45, 7) is 6.30. The molecule has 0 unspecified atom stereocenters. The number of hydrogen-bond donors (Lipinski definition) is 1. The van der Waals surface area contributed by atoms with Gasteiger partial charge in [0.2, 0.25) is 11.8 Å². The standard InChI is InChI=1S/C22H26F3N9O2/c23-22(24,25)20-31-19(32-36-20)17-14-26-13-16(29-17)15-2-6-33(7-3-15)8-5-27-18-1-4-28-21(30-18)34-9-11-35-12-10-34/h1,4,13-15H,2-3,5-12H2,(H,27,28,30). The molecule has 0 aromatic carbocycles. The largest absolute Gasteiger partial charge is 0.471 e. The number of aromatic nitrogens is 6. The van der Waals surface area contributed by atoms with Crippen molar-refractivity contribution in [2.75, 3.05) is 62.7 Å². The Hall–Kier alpha value is -3.39. The normalized spacial score (nSPS) is 17.9. The van der Waals surface area contributed by atoms with Crippen molar-refractivity contribution in [1.82, 2.24) is 35.0 Å². The fourth-order valence-electron chi connectivity index (χ4n) is 4.29. The van der Waals surface area contributed by atoms with Crippen LogP contribution in [0.4, 0.5) is 24.9 Å². The third-order valence-electron chi connectivity index (χ3n) is 6.23. The highest BCUT2D eigenvalue weighted by Crippen LogP contribution is 2.30. The van der Waals surface area contributed by atoms with Gasteiger partial charge in [-0.3, -0.25) is 4.98 Å². The van der Waals surface area contributed by atoms with Crippen LogP contribution in [0.15, 0.2) is 29.2 Å². The van der Waals surface area contributed by atoms with Crippen LogP contribution in [0.25, 0.3) is 11.5 Å². The average Bonchev–Trinajstić information content (AvgIpc) is 3.41. The molecule has 3 aromatic rings. The lowest BCUT2D eigenvalue weighted by Gasteiger charge is -2.31. The molecule has 5 rings (SSSR count). The highest BCUT2D eigenvalue weighted by atomic mass is 19.4. The summed E-state index contributed by atoms with van der Waals surface area (Å²) in [5.41, 5.74) is 0.889. The molecule has 0 radical (unpaired) electrons. The topological polar surface area (TPSA) is 118 Å². The average molecular weight is 506 g/mol. The lowest BCUT2D eigenvalue weighted by Crippen LogP contribution is -2.37. The maximum atomic E-state index is 12.7. The van der Waals surface area contributed by atoms with Crippen molar-refractivity contribution in [3.05, 3.63) is 36.2 Å². The number of piperidine rings is 1. The number of halogens is 3. The van der Waals surface area contributed by atoms with E-state index in [1.54, 1.807) is 12.4 Å². The summed E-state index contributed by atoms with van der Waals surface area (Å²) < 4.78 is 47.9. The Bertz CT molecular complexity index is 1150. The Labute approximate surface area is 205 Å². The van der Waals surface area contributed by atoms with Gasteiger partial charge in [-0.15, -0.1) is 0 Å². The van der Waals surface area contributed by atoms with E-state index in [-0.39, 0.29) is 17.4 Å². The fraction of sp³-hybridized carbons (Fsp3) is 0.545. The molecule has 11 nitrogen and oxygen atoms in total. The molecule has 0 saturated carbocycles. The number of nitrogens with zero attached hydrogens (tertiary/aromatic N) is 8. The molecular weight excluding hydrogens is 479 g/mol. The van der Waals surface area contributed by atoms with Crippen molar-refractivity contribution in [3.63, 3.8) is 0 Å². The zero-order valence-electron chi connectivity index (χ0n) is 19.5. The number of likely N-dealkylation sites (tertiary alicyclic amines) is 1. The van der Waals surface area contributed by atoms with Crippen molar-refractivity contribution in [2.45, 2.75) is 24.9 Å². The summed E-state index contributed by atoms with van der Waals surface area (Å²) in [5.74, 6) is 0.0488. The van der Waals surface area contributed by atoms with Gasteiger partial charge in [0.15, 0.2) is 0 Å². The van der Waals surface area contributed by atoms with E-state index in [0.29, 0.717) is 19.2 Å². The molecular formula is C22H26F3N9O2. The van der Waals surface area contributed by atoms with Crippen LogP contribution in [-0.4, -0.2) is 87.5 Å². The van der Waals surface area contributed by atoms with Gasteiger partial charge < -0.3 is 24.4 Å². The zero-order valence-corrected chi connectivity index (χ0v) is 19.5. The molecule has 36 heavy (non-hydrogen) atoms. The molecule has 192 valence electrons. The van der Waals surface area contributed by atoms with E-state index in [1.165, 1.54) is 6.20 Å². The Balaban J connectivity index is 1.10. The van der Waals surface area contributed by atoms with E-state index < -0.39 is 12.1 Å². The first-order valence-corrected chi connectivity index (χ1v) is 11.8. The number of morpholine rings is 1. The SMILES string of the molecule is FC(F)(F)c1nc(-c2cncc(C3CCN(CCNc4ccnc(N5CCOCC5)n4)CC3)n2)no1. The number of hydrogen-bond acceptors (Lipinski definition) is 11. The molecule has 0 atom stereocenters. The summed E-state index contributed by atoms with van der Waals surface area (Å²) in [7, 11) is 0. The quantitative estimate of drug-likeness (QED) is 0.510. The van der Waals surface area contributed by atoms with Crippen molar-refractivity contribution in [2.24, 2.45) is 0 Å². The third-order valence-corrected chi connectivity index (χ3v) is 6.23. The number of nitrogens with one attached hydrogen (secondary N) is 1. The molecule has 2 aliphatic rings. The van der Waals surface area contributed by atoms with E-state index in [4.69, 9.17) is 4.74 Å². The summed E-state index contributed by atoms with van der Waals surface area (Å²) in [6, 6.07) is 1.86. The predicted molar refractivity (Wildman–Crippen MR) is 122 cm³/mol. The maximum Gasteiger partial charge on any atom is 0.471 e. The molecule has 1 N–H and O–H groups in total. The van der Waals surface area contributed by atoms with E-state index in [2.05, 4.69) is 49.7 Å². The van der Waals surface area contributed by atoms with Gasteiger partial charge in [-0.05, 0) is 32.0 Å². The monoisotopic (exact) mass is 505 g/mol. The first-order chi connectivity index (χ1) is 17.5. The van der Waals surface area contributed by atoms with Crippen molar-refractivity contribution in [1.29, 1.82) is 0 Å². The van der Waals surface area contributed by atoms with Gasteiger partial charge in [0, 0.05) is 44.5 Å². The second-order valence-corrected chi connectivity index (χ2v) is 8.63. The third kappa shape index (κ3) is 5.87. The Kier molecular flexibility index (Phi) is 7.23. The van der Waals surface area contributed by atoms with Gasteiger partial charge in [-0.2, -0.15) is 23.1 Å². The highest BCUT2D eigenvalue weighted by Gasteiger charge is 2.38. The van der Waals surface area contributed by atoms with Crippen LogP contribution in [0.2, 0.25) is 0 Å². The Morgan fingerprint density at radius 1 is 1.03 bits per heavy atom. The minimum atomic E-state index is -4.70. The molecule has 0 aliphatic carbocycles. The van der Waals surface area contributed by atoms with Gasteiger partial charge in [-0.1, -0.05) is 5.16 Å². The molecule has 2 aliphatic heterocycles. The molecule has 2 saturated heterocycles. The molecule has 3 aromatic heterocycles. The lowest BCUT2D eigenvalue weighted by atomic mass is 9.93. The second kappa shape index (κ2) is 10.7. The van der Waals surface area contributed by atoms with Crippen LogP contribution in [-0.2, 0) is 10.9 Å². The van der Waals surface area contributed by atoms with Gasteiger partial charge in [0.25, 0.3) is 0 Å². The highest BCUT2D eigenvalue weighted by molar-refractivity contribution is 5.46. The van der Waals surface area contributed by atoms with Crippen LogP contribution in [0.5, 0.6) is 0 Å². The van der Waals surface area contributed by atoms with E-state index in [9.17, 15) is 13.2 Å². The van der Waals surface area contributed by atoms with E-state index in [0.717, 1.165) is 63.6 Å². The Morgan fingerprint density at radius 3 is 2.58 bits per heavy atom. The summed E-state index contributed by atoms with van der Waals surface area (Å²) in [4.78, 5) is 25.5.